The summed E-state index contributed by atoms with van der Waals surface area (Å²) in [7, 11) is -7.77. The van der Waals surface area contributed by atoms with Crippen LogP contribution in [-0.2, 0) is 20.0 Å². The molecule has 0 spiro atoms. The lowest BCUT2D eigenvalue weighted by molar-refractivity contribution is 0.102. The molecular formula is C23H24ClN5O5S2. The molecule has 1 aromatic heterocycles. The van der Waals surface area contributed by atoms with Crippen LogP contribution >= 0.6 is 11.6 Å². The van der Waals surface area contributed by atoms with Crippen molar-refractivity contribution in [1.82, 2.24) is 14.3 Å². The van der Waals surface area contributed by atoms with Crippen LogP contribution in [0.1, 0.15) is 34.6 Å². The smallest absolute Gasteiger partial charge is 0.264 e. The summed E-state index contributed by atoms with van der Waals surface area (Å²) in [6, 6.07) is 11.3. The second-order valence-corrected chi connectivity index (χ2v) is 12.3. The largest absolute Gasteiger partial charge is 0.322 e. The normalized spacial score (nSPS) is 14.5. The van der Waals surface area contributed by atoms with Crippen LogP contribution < -0.4 is 10.0 Å². The second-order valence-electron chi connectivity index (χ2n) is 8.31. The molecule has 0 saturated carbocycles. The highest BCUT2D eigenvalue weighted by atomic mass is 35.5. The Labute approximate surface area is 214 Å². The Kier molecular flexibility index (Phi) is 7.32. The van der Waals surface area contributed by atoms with Gasteiger partial charge in [0.25, 0.3) is 15.9 Å². The number of benzene rings is 2. The van der Waals surface area contributed by atoms with Crippen molar-refractivity contribution in [2.24, 2.45) is 0 Å². The summed E-state index contributed by atoms with van der Waals surface area (Å²) < 4.78 is 54.9. The fourth-order valence-electron chi connectivity index (χ4n) is 3.78. The minimum Gasteiger partial charge on any atom is -0.322 e. The fraction of sp³-hybridized carbons (Fsp3) is 0.261. The zero-order chi connectivity index (χ0) is 26.1. The maximum absolute atomic E-state index is 12.9. The molecule has 0 atom stereocenters. The summed E-state index contributed by atoms with van der Waals surface area (Å²) in [4.78, 5) is 20.8. The monoisotopic (exact) mass is 549 g/mol. The third-order valence-electron chi connectivity index (χ3n) is 5.51. The van der Waals surface area contributed by atoms with Crippen LogP contribution in [0.3, 0.4) is 0 Å². The first-order valence-electron chi connectivity index (χ1n) is 11.0. The number of hydrogen-bond donors (Lipinski definition) is 2. The molecule has 1 fully saturated rings. The lowest BCUT2D eigenvalue weighted by Gasteiger charge is -2.17. The summed E-state index contributed by atoms with van der Waals surface area (Å²) in [6.07, 6.45) is 1.55. The van der Waals surface area contributed by atoms with Crippen LogP contribution in [0, 0.1) is 13.8 Å². The number of halogens is 1. The van der Waals surface area contributed by atoms with E-state index in [1.807, 2.05) is 0 Å². The maximum atomic E-state index is 12.9. The van der Waals surface area contributed by atoms with Crippen LogP contribution in [0.25, 0.3) is 0 Å². The van der Waals surface area contributed by atoms with E-state index in [2.05, 4.69) is 20.0 Å². The predicted molar refractivity (Wildman–Crippen MR) is 136 cm³/mol. The highest BCUT2D eigenvalue weighted by Crippen LogP contribution is 2.28. The number of aryl methyl sites for hydroxylation is 2. The Bertz CT molecular complexity index is 1500. The quantitative estimate of drug-likeness (QED) is 0.459. The Morgan fingerprint density at radius 1 is 0.917 bits per heavy atom. The van der Waals surface area contributed by atoms with Gasteiger partial charge in [-0.1, -0.05) is 11.6 Å². The van der Waals surface area contributed by atoms with E-state index >= 15 is 0 Å². The zero-order valence-electron chi connectivity index (χ0n) is 19.5. The number of carbonyl (C=O) groups excluding carboxylic acids is 1. The highest BCUT2D eigenvalue weighted by molar-refractivity contribution is 7.92. The van der Waals surface area contributed by atoms with Crippen molar-refractivity contribution in [3.05, 3.63) is 70.5 Å². The zero-order valence-corrected chi connectivity index (χ0v) is 21.9. The van der Waals surface area contributed by atoms with Crippen molar-refractivity contribution in [2.75, 3.05) is 23.1 Å². The van der Waals surface area contributed by atoms with Gasteiger partial charge in [-0.2, -0.15) is 4.31 Å². The first-order valence-corrected chi connectivity index (χ1v) is 14.3. The van der Waals surface area contributed by atoms with Crippen molar-refractivity contribution >= 4 is 49.2 Å². The van der Waals surface area contributed by atoms with E-state index in [9.17, 15) is 21.6 Å². The minimum absolute atomic E-state index is 0.0349. The van der Waals surface area contributed by atoms with E-state index in [-0.39, 0.29) is 26.3 Å². The van der Waals surface area contributed by atoms with E-state index in [1.54, 1.807) is 19.9 Å². The van der Waals surface area contributed by atoms with Gasteiger partial charge in [-0.25, -0.2) is 31.5 Å². The number of nitrogens with zero attached hydrogens (tertiary/aromatic N) is 3. The van der Waals surface area contributed by atoms with Crippen LogP contribution in [0.5, 0.6) is 0 Å². The van der Waals surface area contributed by atoms with Gasteiger partial charge >= 0.3 is 0 Å². The first kappa shape index (κ1) is 26.0. The summed E-state index contributed by atoms with van der Waals surface area (Å²) >= 11 is 6.15. The molecule has 4 rings (SSSR count). The SMILES string of the molecule is Cc1cc(C)nc(NS(=O)(=O)c2ccc(NC(=O)c3ccc(Cl)c(S(=O)(=O)N4CCCC4)c3)cc2)n1. The average Bonchev–Trinajstić information content (AvgIpc) is 3.34. The Hall–Kier alpha value is -3.06. The molecular weight excluding hydrogens is 526 g/mol. The molecule has 3 aromatic rings. The summed E-state index contributed by atoms with van der Waals surface area (Å²) in [6.45, 7) is 4.29. The van der Waals surface area contributed by atoms with Gasteiger partial charge in [0, 0.05) is 35.7 Å². The minimum atomic E-state index is -3.95. The number of rotatable bonds is 7. The molecule has 36 heavy (non-hydrogen) atoms. The fourth-order valence-corrected chi connectivity index (χ4v) is 6.74. The number of hydrogen-bond acceptors (Lipinski definition) is 7. The molecule has 2 N–H and O–H groups in total. The van der Waals surface area contributed by atoms with E-state index in [0.29, 0.717) is 30.2 Å². The van der Waals surface area contributed by atoms with Gasteiger partial charge in [0.05, 0.1) is 9.92 Å². The molecule has 1 saturated heterocycles. The van der Waals surface area contributed by atoms with Gasteiger partial charge in [0.1, 0.15) is 4.90 Å². The molecule has 2 heterocycles. The summed E-state index contributed by atoms with van der Waals surface area (Å²) in [5.41, 5.74) is 1.66. The number of anilines is 2. The molecule has 0 aliphatic carbocycles. The summed E-state index contributed by atoms with van der Waals surface area (Å²) in [5.74, 6) is -0.603. The molecule has 1 aliphatic heterocycles. The Morgan fingerprint density at radius 3 is 2.14 bits per heavy atom. The molecule has 10 nitrogen and oxygen atoms in total. The number of aromatic nitrogens is 2. The van der Waals surface area contributed by atoms with Crippen LogP contribution in [0.2, 0.25) is 5.02 Å². The molecule has 190 valence electrons. The maximum Gasteiger partial charge on any atom is 0.264 e. The van der Waals surface area contributed by atoms with Gasteiger partial charge in [0.2, 0.25) is 16.0 Å². The lowest BCUT2D eigenvalue weighted by atomic mass is 10.2. The average molecular weight is 550 g/mol. The van der Waals surface area contributed by atoms with Crippen molar-refractivity contribution < 1.29 is 21.6 Å². The number of nitrogens with one attached hydrogen (secondary N) is 2. The molecule has 13 heteroatoms. The van der Waals surface area contributed by atoms with Crippen molar-refractivity contribution in [1.29, 1.82) is 0 Å². The third-order valence-corrected chi connectivity index (χ3v) is 9.23. The number of sulfonamides is 2. The predicted octanol–water partition coefficient (Wildman–Crippen LogP) is 3.58. The standard InChI is InChI=1S/C23H24ClN5O5S2/c1-15-13-16(2)26-23(25-15)28-35(31,32)19-8-6-18(7-9-19)27-22(30)17-5-10-20(24)21(14-17)36(33,34)29-11-3-4-12-29/h5-10,13-14H,3-4,11-12H2,1-2H3,(H,27,30)(H,25,26,28). The molecule has 1 amide bonds. The van der Waals surface area contributed by atoms with E-state index in [1.165, 1.54) is 46.8 Å². The van der Waals surface area contributed by atoms with E-state index in [4.69, 9.17) is 11.6 Å². The van der Waals surface area contributed by atoms with Crippen LogP contribution in [-0.4, -0.2) is 50.1 Å². The molecule has 1 aliphatic rings. The molecule has 0 radical (unpaired) electrons. The molecule has 2 aromatic carbocycles. The number of amides is 1. The Morgan fingerprint density at radius 2 is 1.53 bits per heavy atom. The topological polar surface area (TPSA) is 138 Å². The third kappa shape index (κ3) is 5.67. The van der Waals surface area contributed by atoms with Gasteiger partial charge in [-0.3, -0.25) is 4.79 Å². The van der Waals surface area contributed by atoms with Crippen LogP contribution in [0.4, 0.5) is 11.6 Å². The second kappa shape index (κ2) is 10.1. The lowest BCUT2D eigenvalue weighted by Crippen LogP contribution is -2.28. The van der Waals surface area contributed by atoms with Crippen molar-refractivity contribution in [2.45, 2.75) is 36.5 Å². The number of carbonyl (C=O) groups is 1. The van der Waals surface area contributed by atoms with E-state index in [0.717, 1.165) is 12.8 Å². The highest BCUT2D eigenvalue weighted by Gasteiger charge is 2.29. The Balaban J connectivity index is 1.50. The first-order chi connectivity index (χ1) is 17.0. The van der Waals surface area contributed by atoms with Crippen LogP contribution in [0.15, 0.2) is 58.3 Å². The van der Waals surface area contributed by atoms with E-state index < -0.39 is 26.0 Å². The van der Waals surface area contributed by atoms with Gasteiger partial charge in [-0.15, -0.1) is 0 Å². The molecule has 0 unspecified atom stereocenters. The van der Waals surface area contributed by atoms with Gasteiger partial charge in [-0.05, 0) is 75.2 Å². The summed E-state index contributed by atoms with van der Waals surface area (Å²) in [5, 5.41) is 2.67. The molecule has 0 bridgehead atoms. The van der Waals surface area contributed by atoms with Crippen molar-refractivity contribution in [3.63, 3.8) is 0 Å². The van der Waals surface area contributed by atoms with Crippen molar-refractivity contribution in [3.8, 4) is 0 Å². The van der Waals surface area contributed by atoms with Gasteiger partial charge < -0.3 is 5.32 Å². The van der Waals surface area contributed by atoms with Gasteiger partial charge in [0.15, 0.2) is 0 Å².